The summed E-state index contributed by atoms with van der Waals surface area (Å²) >= 11 is 0. The first-order valence-electron chi connectivity index (χ1n) is 8.85. The minimum Gasteiger partial charge on any atom is -0.370 e. The van der Waals surface area contributed by atoms with Gasteiger partial charge in [0.1, 0.15) is 0 Å². The molecule has 2 saturated heterocycles. The van der Waals surface area contributed by atoms with Crippen LogP contribution in [0.3, 0.4) is 0 Å². The third kappa shape index (κ3) is 5.11. The third-order valence-electron chi connectivity index (χ3n) is 5.08. The maximum Gasteiger partial charge on any atom is 0.390 e. The average molecular weight is 341 g/mol. The molecule has 3 rings (SSSR count). The topological polar surface area (TPSA) is 18.5 Å². The van der Waals surface area contributed by atoms with Crippen LogP contribution in [0.5, 0.6) is 0 Å². The van der Waals surface area contributed by atoms with Crippen LogP contribution in [0, 0.1) is 0 Å². The summed E-state index contributed by atoms with van der Waals surface area (Å²) < 4.78 is 36.9. The maximum absolute atomic E-state index is 12.3. The lowest BCUT2D eigenvalue weighted by Crippen LogP contribution is -2.47. The predicted octanol–water partition coefficient (Wildman–Crippen LogP) is 3.27. The number of hydrogen-bond donors (Lipinski definition) is 1. The standard InChI is InChI=1S/C18H26F3N3/c19-18(20,21)9-13-23-10-6-15(7-11-23)22-16-8-12-24(14-16)17-4-2-1-3-5-17/h1-5,15-16,22H,6-14H2/t16-/m1/s1. The Morgan fingerprint density at radius 1 is 0.958 bits per heavy atom. The molecule has 0 saturated carbocycles. The molecule has 1 atom stereocenters. The number of anilines is 1. The van der Waals surface area contributed by atoms with Gasteiger partial charge in [0, 0.05) is 37.4 Å². The molecule has 1 N–H and O–H groups in total. The molecule has 6 heteroatoms. The van der Waals surface area contributed by atoms with Gasteiger partial charge in [-0.15, -0.1) is 0 Å². The molecule has 1 aromatic carbocycles. The monoisotopic (exact) mass is 341 g/mol. The molecular formula is C18H26F3N3. The third-order valence-corrected chi connectivity index (χ3v) is 5.08. The van der Waals surface area contributed by atoms with Crippen LogP contribution < -0.4 is 10.2 Å². The van der Waals surface area contributed by atoms with Gasteiger partial charge in [-0.25, -0.2) is 0 Å². The predicted molar refractivity (Wildman–Crippen MR) is 90.3 cm³/mol. The highest BCUT2D eigenvalue weighted by atomic mass is 19.4. The summed E-state index contributed by atoms with van der Waals surface area (Å²) in [6.07, 6.45) is -1.72. The molecular weight excluding hydrogens is 315 g/mol. The normalized spacial score (nSPS) is 23.8. The smallest absolute Gasteiger partial charge is 0.370 e. The Morgan fingerprint density at radius 2 is 1.62 bits per heavy atom. The summed E-state index contributed by atoms with van der Waals surface area (Å²) in [5, 5.41) is 3.72. The molecule has 2 fully saturated rings. The highest BCUT2D eigenvalue weighted by molar-refractivity contribution is 5.47. The Bertz CT molecular complexity index is 498. The highest BCUT2D eigenvalue weighted by Crippen LogP contribution is 2.23. The van der Waals surface area contributed by atoms with Gasteiger partial charge in [-0.05, 0) is 44.5 Å². The van der Waals surface area contributed by atoms with Crippen molar-refractivity contribution in [3.05, 3.63) is 30.3 Å². The van der Waals surface area contributed by atoms with Crippen molar-refractivity contribution in [2.24, 2.45) is 0 Å². The van der Waals surface area contributed by atoms with Crippen molar-refractivity contribution in [3.8, 4) is 0 Å². The minimum atomic E-state index is -4.04. The van der Waals surface area contributed by atoms with E-state index in [1.54, 1.807) is 0 Å². The van der Waals surface area contributed by atoms with Crippen molar-refractivity contribution in [1.29, 1.82) is 0 Å². The second-order valence-electron chi connectivity index (χ2n) is 6.91. The van der Waals surface area contributed by atoms with E-state index in [1.165, 1.54) is 5.69 Å². The fraction of sp³-hybridized carbons (Fsp3) is 0.667. The molecule has 2 aliphatic heterocycles. The number of nitrogens with one attached hydrogen (secondary N) is 1. The van der Waals surface area contributed by atoms with Gasteiger partial charge < -0.3 is 15.1 Å². The highest BCUT2D eigenvalue weighted by Gasteiger charge is 2.30. The van der Waals surface area contributed by atoms with Crippen molar-refractivity contribution < 1.29 is 13.2 Å². The zero-order valence-corrected chi connectivity index (χ0v) is 13.9. The average Bonchev–Trinajstić information content (AvgIpc) is 3.03. The number of halogens is 3. The van der Waals surface area contributed by atoms with Gasteiger partial charge in [0.15, 0.2) is 0 Å². The quantitative estimate of drug-likeness (QED) is 0.887. The SMILES string of the molecule is FC(F)(F)CCN1CCC(N[C@@H]2CCN(c3ccccc3)C2)CC1. The lowest BCUT2D eigenvalue weighted by Gasteiger charge is -2.34. The summed E-state index contributed by atoms with van der Waals surface area (Å²) in [4.78, 5) is 4.34. The van der Waals surface area contributed by atoms with Crippen molar-refractivity contribution >= 4 is 5.69 Å². The Kier molecular flexibility index (Phi) is 5.66. The molecule has 134 valence electrons. The Labute approximate surface area is 141 Å². The van der Waals surface area contributed by atoms with E-state index in [-0.39, 0.29) is 6.54 Å². The molecule has 0 aliphatic carbocycles. The van der Waals surface area contributed by atoms with E-state index < -0.39 is 12.6 Å². The lowest BCUT2D eigenvalue weighted by molar-refractivity contribution is -0.138. The first-order chi connectivity index (χ1) is 11.5. The van der Waals surface area contributed by atoms with Crippen molar-refractivity contribution in [3.63, 3.8) is 0 Å². The maximum atomic E-state index is 12.3. The summed E-state index contributed by atoms with van der Waals surface area (Å²) in [5.41, 5.74) is 1.27. The van der Waals surface area contributed by atoms with Gasteiger partial charge in [0.2, 0.25) is 0 Å². The molecule has 3 nitrogen and oxygen atoms in total. The lowest BCUT2D eigenvalue weighted by atomic mass is 10.0. The van der Waals surface area contributed by atoms with E-state index in [9.17, 15) is 13.2 Å². The van der Waals surface area contributed by atoms with Crippen LogP contribution in [-0.4, -0.2) is 55.9 Å². The number of alkyl halides is 3. The summed E-state index contributed by atoms with van der Waals surface area (Å²) in [6.45, 7) is 3.75. The van der Waals surface area contributed by atoms with Gasteiger partial charge in [-0.3, -0.25) is 0 Å². The van der Waals surface area contributed by atoms with E-state index in [0.29, 0.717) is 12.1 Å². The number of benzene rings is 1. The van der Waals surface area contributed by atoms with Crippen LogP contribution in [0.25, 0.3) is 0 Å². The van der Waals surface area contributed by atoms with Crippen LogP contribution in [0.2, 0.25) is 0 Å². The van der Waals surface area contributed by atoms with E-state index in [1.807, 2.05) is 11.0 Å². The number of para-hydroxylation sites is 1. The molecule has 0 bridgehead atoms. The molecule has 2 heterocycles. The molecule has 0 unspecified atom stereocenters. The van der Waals surface area contributed by atoms with Crippen molar-refractivity contribution in [2.75, 3.05) is 37.6 Å². The second-order valence-corrected chi connectivity index (χ2v) is 6.91. The van der Waals surface area contributed by atoms with Crippen LogP contribution in [-0.2, 0) is 0 Å². The Balaban J connectivity index is 1.38. The summed E-state index contributed by atoms with van der Waals surface area (Å²) in [5.74, 6) is 0. The van der Waals surface area contributed by atoms with Gasteiger partial charge in [0.05, 0.1) is 6.42 Å². The Morgan fingerprint density at radius 3 is 2.29 bits per heavy atom. The van der Waals surface area contributed by atoms with E-state index in [0.717, 1.165) is 45.4 Å². The van der Waals surface area contributed by atoms with Crippen LogP contribution in [0.15, 0.2) is 30.3 Å². The number of piperidine rings is 1. The largest absolute Gasteiger partial charge is 0.390 e. The molecule has 0 aromatic heterocycles. The zero-order chi connectivity index (χ0) is 17.0. The summed E-state index contributed by atoms with van der Waals surface area (Å²) in [7, 11) is 0. The van der Waals surface area contributed by atoms with Crippen LogP contribution >= 0.6 is 0 Å². The molecule has 2 aliphatic rings. The summed E-state index contributed by atoms with van der Waals surface area (Å²) in [6, 6.07) is 11.4. The Hall–Kier alpha value is -1.27. The van der Waals surface area contributed by atoms with Crippen LogP contribution in [0.4, 0.5) is 18.9 Å². The molecule has 0 amide bonds. The first-order valence-corrected chi connectivity index (χ1v) is 8.85. The number of hydrogen-bond acceptors (Lipinski definition) is 3. The van der Waals surface area contributed by atoms with E-state index in [2.05, 4.69) is 34.5 Å². The minimum absolute atomic E-state index is 0.140. The fourth-order valence-corrected chi connectivity index (χ4v) is 3.71. The van der Waals surface area contributed by atoms with Crippen LogP contribution in [0.1, 0.15) is 25.7 Å². The second kappa shape index (κ2) is 7.74. The van der Waals surface area contributed by atoms with Gasteiger partial charge >= 0.3 is 6.18 Å². The van der Waals surface area contributed by atoms with Crippen molar-refractivity contribution in [1.82, 2.24) is 10.2 Å². The van der Waals surface area contributed by atoms with Crippen molar-refractivity contribution in [2.45, 2.75) is 43.9 Å². The molecule has 24 heavy (non-hydrogen) atoms. The molecule has 1 aromatic rings. The van der Waals surface area contributed by atoms with E-state index >= 15 is 0 Å². The zero-order valence-electron chi connectivity index (χ0n) is 13.9. The number of likely N-dealkylation sites (tertiary alicyclic amines) is 1. The van der Waals surface area contributed by atoms with Gasteiger partial charge in [-0.1, -0.05) is 18.2 Å². The first kappa shape index (κ1) is 17.5. The van der Waals surface area contributed by atoms with Gasteiger partial charge in [-0.2, -0.15) is 13.2 Å². The van der Waals surface area contributed by atoms with Gasteiger partial charge in [0.25, 0.3) is 0 Å². The van der Waals surface area contributed by atoms with E-state index in [4.69, 9.17) is 0 Å². The fourth-order valence-electron chi connectivity index (χ4n) is 3.71. The molecule has 0 spiro atoms. The number of nitrogens with zero attached hydrogens (tertiary/aromatic N) is 2. The molecule has 0 radical (unpaired) electrons. The number of rotatable bonds is 5.